The van der Waals surface area contributed by atoms with Crippen molar-refractivity contribution in [3.8, 4) is 0 Å². The average Bonchev–Trinajstić information content (AvgIpc) is 1.97. The topological polar surface area (TPSA) is 47.6 Å². The van der Waals surface area contributed by atoms with Gasteiger partial charge in [-0.1, -0.05) is 0 Å². The van der Waals surface area contributed by atoms with Crippen molar-refractivity contribution in [1.29, 1.82) is 0 Å². The maximum absolute atomic E-state index is 9.72. The molecule has 0 unspecified atom stereocenters. The molecular weight excluding hydrogens is 136 g/mol. The molecule has 1 radical (unpaired) electrons. The molecule has 0 atom stereocenters. The highest BCUT2D eigenvalue weighted by molar-refractivity contribution is 4.28. The molecular formula is C6H13O4. The zero-order chi connectivity index (χ0) is 7.66. The highest BCUT2D eigenvalue weighted by Crippen LogP contribution is 1.77. The van der Waals surface area contributed by atoms with E-state index in [0.29, 0.717) is 26.4 Å². The summed E-state index contributed by atoms with van der Waals surface area (Å²) in [5.74, 6) is 0. The fourth-order valence-electron chi connectivity index (χ4n) is 0.421. The third kappa shape index (κ3) is 7.84. The first-order chi connectivity index (χ1) is 4.91. The SMILES string of the molecule is COCCOCCOC[O]. The standard InChI is InChI=1S/C6H13O4/c1-8-2-3-9-4-5-10-6-7/h2-6H2,1H3. The summed E-state index contributed by atoms with van der Waals surface area (Å²) in [6.07, 6.45) is 0. The molecule has 61 valence electrons. The van der Waals surface area contributed by atoms with E-state index in [1.54, 1.807) is 7.11 Å². The summed E-state index contributed by atoms with van der Waals surface area (Å²) in [7, 11) is 1.61. The van der Waals surface area contributed by atoms with E-state index < -0.39 is 6.79 Å². The monoisotopic (exact) mass is 149 g/mol. The first kappa shape index (κ1) is 9.84. The van der Waals surface area contributed by atoms with Crippen LogP contribution in [0.1, 0.15) is 0 Å². The molecule has 0 rings (SSSR count). The second-order valence-electron chi connectivity index (χ2n) is 1.63. The van der Waals surface area contributed by atoms with Crippen LogP contribution >= 0.6 is 0 Å². The lowest BCUT2D eigenvalue weighted by Gasteiger charge is -2.01. The molecule has 0 N–H and O–H groups in total. The van der Waals surface area contributed by atoms with Gasteiger partial charge in [-0.3, -0.25) is 0 Å². The van der Waals surface area contributed by atoms with Gasteiger partial charge in [-0.05, 0) is 0 Å². The van der Waals surface area contributed by atoms with Crippen LogP contribution in [0.4, 0.5) is 0 Å². The van der Waals surface area contributed by atoms with E-state index >= 15 is 0 Å². The van der Waals surface area contributed by atoms with Crippen molar-refractivity contribution in [3.05, 3.63) is 0 Å². The highest BCUT2D eigenvalue weighted by atomic mass is 16.6. The summed E-state index contributed by atoms with van der Waals surface area (Å²) in [4.78, 5) is 0. The zero-order valence-electron chi connectivity index (χ0n) is 6.17. The molecule has 0 bridgehead atoms. The van der Waals surface area contributed by atoms with Crippen molar-refractivity contribution in [2.45, 2.75) is 0 Å². The molecule has 0 aliphatic rings. The van der Waals surface area contributed by atoms with Crippen LogP contribution in [-0.4, -0.2) is 40.3 Å². The fourth-order valence-corrected chi connectivity index (χ4v) is 0.421. The third-order valence-electron chi connectivity index (χ3n) is 0.887. The molecule has 0 aromatic carbocycles. The quantitative estimate of drug-likeness (QED) is 0.379. The molecule has 0 aromatic rings. The normalized spacial score (nSPS) is 10.2. The predicted molar refractivity (Wildman–Crippen MR) is 34.2 cm³/mol. The number of hydrogen-bond donors (Lipinski definition) is 0. The molecule has 4 nitrogen and oxygen atoms in total. The van der Waals surface area contributed by atoms with Crippen LogP contribution in [0.3, 0.4) is 0 Å². The number of methoxy groups -OCH3 is 1. The first-order valence-corrected chi connectivity index (χ1v) is 3.14. The molecule has 0 fully saturated rings. The summed E-state index contributed by atoms with van der Waals surface area (Å²) >= 11 is 0. The van der Waals surface area contributed by atoms with E-state index in [2.05, 4.69) is 4.74 Å². The molecule has 0 heterocycles. The molecule has 4 heteroatoms. The number of rotatable bonds is 7. The van der Waals surface area contributed by atoms with Crippen LogP contribution in [0.2, 0.25) is 0 Å². The van der Waals surface area contributed by atoms with Crippen LogP contribution in [0, 0.1) is 0 Å². The summed E-state index contributed by atoms with van der Waals surface area (Å²) in [6, 6.07) is 0. The molecule has 0 saturated heterocycles. The molecule has 10 heavy (non-hydrogen) atoms. The summed E-state index contributed by atoms with van der Waals surface area (Å²) in [5, 5.41) is 9.72. The van der Waals surface area contributed by atoms with Gasteiger partial charge in [-0.15, -0.1) is 0 Å². The van der Waals surface area contributed by atoms with Gasteiger partial charge in [0.2, 0.25) is 0 Å². The molecule has 0 aliphatic carbocycles. The van der Waals surface area contributed by atoms with Gasteiger partial charge < -0.3 is 14.2 Å². The first-order valence-electron chi connectivity index (χ1n) is 3.14. The van der Waals surface area contributed by atoms with Crippen molar-refractivity contribution in [1.82, 2.24) is 0 Å². The largest absolute Gasteiger partial charge is 0.382 e. The Bertz CT molecular complexity index is 49.7. The Morgan fingerprint density at radius 1 is 1.00 bits per heavy atom. The Kier molecular flexibility index (Phi) is 8.70. The predicted octanol–water partition coefficient (Wildman–Crippen LogP) is 0.0540. The summed E-state index contributed by atoms with van der Waals surface area (Å²) < 4.78 is 14.2. The van der Waals surface area contributed by atoms with Gasteiger partial charge in [-0.2, -0.15) is 0 Å². The highest BCUT2D eigenvalue weighted by Gasteiger charge is 1.86. The second kappa shape index (κ2) is 8.84. The lowest BCUT2D eigenvalue weighted by molar-refractivity contribution is -0.0647. The van der Waals surface area contributed by atoms with Crippen LogP contribution in [0.15, 0.2) is 0 Å². The van der Waals surface area contributed by atoms with E-state index in [1.165, 1.54) is 0 Å². The van der Waals surface area contributed by atoms with Gasteiger partial charge >= 0.3 is 0 Å². The maximum Gasteiger partial charge on any atom is 0.180 e. The Labute approximate surface area is 60.7 Å². The smallest absolute Gasteiger partial charge is 0.180 e. The minimum Gasteiger partial charge on any atom is -0.382 e. The van der Waals surface area contributed by atoms with Gasteiger partial charge in [0.1, 0.15) is 0 Å². The minimum absolute atomic E-state index is 0.368. The average molecular weight is 149 g/mol. The van der Waals surface area contributed by atoms with Crippen molar-refractivity contribution >= 4 is 0 Å². The van der Waals surface area contributed by atoms with E-state index in [4.69, 9.17) is 9.47 Å². The van der Waals surface area contributed by atoms with E-state index in [-0.39, 0.29) is 0 Å². The number of hydrogen-bond acceptors (Lipinski definition) is 3. The van der Waals surface area contributed by atoms with E-state index in [1.807, 2.05) is 0 Å². The fraction of sp³-hybridized carbons (Fsp3) is 1.00. The van der Waals surface area contributed by atoms with Gasteiger partial charge in [0, 0.05) is 7.11 Å². The van der Waals surface area contributed by atoms with Gasteiger partial charge in [0.05, 0.1) is 26.4 Å². The Hall–Kier alpha value is -0.160. The second-order valence-corrected chi connectivity index (χ2v) is 1.63. The summed E-state index contributed by atoms with van der Waals surface area (Å²) in [6.45, 7) is 1.47. The lowest BCUT2D eigenvalue weighted by Crippen LogP contribution is -2.08. The molecule has 0 amide bonds. The van der Waals surface area contributed by atoms with Crippen molar-refractivity contribution in [2.75, 3.05) is 40.3 Å². The molecule has 0 aliphatic heterocycles. The van der Waals surface area contributed by atoms with Crippen molar-refractivity contribution in [2.24, 2.45) is 0 Å². The lowest BCUT2D eigenvalue weighted by atomic mass is 10.7. The zero-order valence-corrected chi connectivity index (χ0v) is 6.17. The number of ether oxygens (including phenoxy) is 3. The van der Waals surface area contributed by atoms with Crippen LogP contribution in [0.25, 0.3) is 0 Å². The van der Waals surface area contributed by atoms with Crippen LogP contribution in [0.5, 0.6) is 0 Å². The minimum atomic E-state index is -0.492. The molecule has 0 aromatic heterocycles. The molecule has 0 spiro atoms. The Morgan fingerprint density at radius 2 is 1.60 bits per heavy atom. The van der Waals surface area contributed by atoms with Crippen LogP contribution in [-0.2, 0) is 19.3 Å². The van der Waals surface area contributed by atoms with E-state index in [0.717, 1.165) is 0 Å². The maximum atomic E-state index is 9.72. The third-order valence-corrected chi connectivity index (χ3v) is 0.887. The van der Waals surface area contributed by atoms with Gasteiger partial charge in [0.15, 0.2) is 6.79 Å². The van der Waals surface area contributed by atoms with Crippen molar-refractivity contribution in [3.63, 3.8) is 0 Å². The molecule has 0 saturated carbocycles. The van der Waals surface area contributed by atoms with E-state index in [9.17, 15) is 5.11 Å². The Balaban J connectivity index is 2.65. The van der Waals surface area contributed by atoms with Crippen LogP contribution < -0.4 is 0 Å². The van der Waals surface area contributed by atoms with Gasteiger partial charge in [0.25, 0.3) is 0 Å². The van der Waals surface area contributed by atoms with Crippen molar-refractivity contribution < 1.29 is 19.3 Å². The Morgan fingerprint density at radius 3 is 2.20 bits per heavy atom. The summed E-state index contributed by atoms with van der Waals surface area (Å²) in [5.41, 5.74) is 0. The van der Waals surface area contributed by atoms with Gasteiger partial charge in [-0.25, -0.2) is 5.11 Å².